The van der Waals surface area contributed by atoms with E-state index in [4.69, 9.17) is 22.1 Å². The number of ether oxygens (including phenoxy) is 1. The van der Waals surface area contributed by atoms with Crippen LogP contribution in [0.25, 0.3) is 0 Å². The van der Waals surface area contributed by atoms with Crippen molar-refractivity contribution in [1.29, 1.82) is 0 Å². The van der Waals surface area contributed by atoms with E-state index in [0.717, 1.165) is 12.1 Å². The molecule has 0 saturated heterocycles. The lowest BCUT2D eigenvalue weighted by Gasteiger charge is -2.21. The summed E-state index contributed by atoms with van der Waals surface area (Å²) in [6, 6.07) is 10.3. The number of rotatable bonds is 10. The number of amides is 2. The van der Waals surface area contributed by atoms with Crippen LogP contribution in [0.2, 0.25) is 5.02 Å². The van der Waals surface area contributed by atoms with Gasteiger partial charge in [0.25, 0.3) is 5.91 Å². The van der Waals surface area contributed by atoms with Crippen LogP contribution in [0.1, 0.15) is 47.3 Å². The summed E-state index contributed by atoms with van der Waals surface area (Å²) >= 11 is 6.00. The number of carbonyl (C=O) groups is 3. The van der Waals surface area contributed by atoms with E-state index in [0.29, 0.717) is 24.1 Å². The number of hydrogen-bond acceptors (Lipinski definition) is 5. The molecule has 2 atom stereocenters. The summed E-state index contributed by atoms with van der Waals surface area (Å²) in [5.41, 5.74) is 2.04. The molecule has 0 spiro atoms. The van der Waals surface area contributed by atoms with E-state index < -0.39 is 70.3 Å². The second-order valence-electron chi connectivity index (χ2n) is 10.3. The Morgan fingerprint density at radius 3 is 2.00 bits per heavy atom. The van der Waals surface area contributed by atoms with Gasteiger partial charge in [-0.2, -0.15) is 26.3 Å². The fourth-order valence-electron chi connectivity index (χ4n) is 4.11. The Labute approximate surface area is 265 Å². The Morgan fingerprint density at radius 2 is 1.47 bits per heavy atom. The Bertz CT molecular complexity index is 1470. The maximum atomic E-state index is 13.3. The predicted molar refractivity (Wildman–Crippen MR) is 158 cm³/mol. The molecule has 4 N–H and O–H groups in total. The second-order valence-corrected chi connectivity index (χ2v) is 10.7. The summed E-state index contributed by atoms with van der Waals surface area (Å²) in [4.78, 5) is 39.2. The van der Waals surface area contributed by atoms with Crippen LogP contribution in [-0.2, 0) is 28.4 Å². The van der Waals surface area contributed by atoms with Gasteiger partial charge in [0.05, 0.1) is 22.7 Å². The Balaban J connectivity index is 0.00000705. The first-order valence-corrected chi connectivity index (χ1v) is 13.5. The second kappa shape index (κ2) is 15.5. The standard InChI is InChI=1S/C30H28ClF6N3O4.ClH/c1-16(2)10-23(38)27(42)40-24(11-17-6-4-3-5-7-17)28(43)44-25-9-8-20(31)15-22(25)26(41)39-21-13-18(29(32,33)34)12-19(14-21)30(35,36)37;/h3-9,12-16,23-24H,10-11,38H2,1-2H3,(H,39,41)(H,40,42);1H/t23-,24-;/m0./s1. The lowest BCUT2D eigenvalue weighted by molar-refractivity contribution is -0.143. The monoisotopic (exact) mass is 679 g/mol. The van der Waals surface area contributed by atoms with Gasteiger partial charge in [-0.05, 0) is 54.3 Å². The summed E-state index contributed by atoms with van der Waals surface area (Å²) in [6.07, 6.45) is -9.99. The number of esters is 1. The van der Waals surface area contributed by atoms with Gasteiger partial charge < -0.3 is 21.1 Å². The maximum absolute atomic E-state index is 13.3. The van der Waals surface area contributed by atoms with Crippen LogP contribution < -0.4 is 21.1 Å². The third kappa shape index (κ3) is 10.9. The molecule has 15 heteroatoms. The van der Waals surface area contributed by atoms with E-state index in [9.17, 15) is 40.7 Å². The largest absolute Gasteiger partial charge is 0.424 e. The zero-order valence-electron chi connectivity index (χ0n) is 23.8. The molecule has 0 aliphatic heterocycles. The third-order valence-electron chi connectivity index (χ3n) is 6.19. The van der Waals surface area contributed by atoms with Gasteiger partial charge in [0.15, 0.2) is 0 Å². The van der Waals surface area contributed by atoms with E-state index in [1.807, 2.05) is 19.2 Å². The topological polar surface area (TPSA) is 111 Å². The molecule has 0 aromatic heterocycles. The average Bonchev–Trinajstić information content (AvgIpc) is 2.92. The van der Waals surface area contributed by atoms with Gasteiger partial charge in [0.1, 0.15) is 11.8 Å². The minimum Gasteiger partial charge on any atom is -0.424 e. The van der Waals surface area contributed by atoms with Gasteiger partial charge in [-0.25, -0.2) is 4.79 Å². The van der Waals surface area contributed by atoms with Crippen molar-refractivity contribution >= 4 is 47.5 Å². The molecule has 0 bridgehead atoms. The van der Waals surface area contributed by atoms with Crippen LogP contribution >= 0.6 is 24.0 Å². The summed E-state index contributed by atoms with van der Waals surface area (Å²) in [7, 11) is 0. The van der Waals surface area contributed by atoms with Gasteiger partial charge in [0.2, 0.25) is 5.91 Å². The molecule has 0 saturated carbocycles. The molecular formula is C30H29Cl2F6N3O4. The first-order valence-electron chi connectivity index (χ1n) is 13.2. The van der Waals surface area contributed by atoms with Crippen LogP contribution in [0.15, 0.2) is 66.7 Å². The van der Waals surface area contributed by atoms with Crippen LogP contribution in [0.3, 0.4) is 0 Å². The molecule has 244 valence electrons. The average molecular weight is 680 g/mol. The molecule has 7 nitrogen and oxygen atoms in total. The van der Waals surface area contributed by atoms with Crippen molar-refractivity contribution in [2.24, 2.45) is 11.7 Å². The molecule has 2 amide bonds. The van der Waals surface area contributed by atoms with Crippen molar-refractivity contribution in [2.75, 3.05) is 5.32 Å². The van der Waals surface area contributed by atoms with Crippen molar-refractivity contribution in [3.05, 3.63) is 94.0 Å². The van der Waals surface area contributed by atoms with Crippen molar-refractivity contribution in [1.82, 2.24) is 5.32 Å². The molecule has 0 unspecified atom stereocenters. The van der Waals surface area contributed by atoms with E-state index in [1.54, 1.807) is 30.3 Å². The predicted octanol–water partition coefficient (Wildman–Crippen LogP) is 7.06. The Kier molecular flexibility index (Phi) is 12.8. The van der Waals surface area contributed by atoms with E-state index in [1.165, 1.54) is 6.07 Å². The molecule has 3 aromatic rings. The number of nitrogens with two attached hydrogens (primary N) is 1. The zero-order chi connectivity index (χ0) is 32.8. The molecule has 45 heavy (non-hydrogen) atoms. The molecule has 3 rings (SSSR count). The highest BCUT2D eigenvalue weighted by Crippen LogP contribution is 2.38. The van der Waals surface area contributed by atoms with Crippen molar-refractivity contribution in [3.63, 3.8) is 0 Å². The van der Waals surface area contributed by atoms with Crippen LogP contribution in [0, 0.1) is 5.92 Å². The first kappa shape index (κ1) is 37.4. The lowest BCUT2D eigenvalue weighted by Crippen LogP contribution is -2.50. The number of nitrogens with one attached hydrogen (secondary N) is 2. The van der Waals surface area contributed by atoms with Crippen molar-refractivity contribution in [3.8, 4) is 5.75 Å². The third-order valence-corrected chi connectivity index (χ3v) is 6.42. The smallest absolute Gasteiger partial charge is 0.416 e. The van der Waals surface area contributed by atoms with Crippen molar-refractivity contribution in [2.45, 2.75) is 51.1 Å². The summed E-state index contributed by atoms with van der Waals surface area (Å²) in [5.74, 6) is -3.21. The lowest BCUT2D eigenvalue weighted by atomic mass is 10.0. The number of carbonyl (C=O) groups excluding carboxylic acids is 3. The van der Waals surface area contributed by atoms with Crippen LogP contribution in [0.5, 0.6) is 5.75 Å². The fraction of sp³-hybridized carbons (Fsp3) is 0.300. The molecule has 0 aliphatic carbocycles. The fourth-order valence-corrected chi connectivity index (χ4v) is 4.28. The molecular weight excluding hydrogens is 651 g/mol. The Hall–Kier alpha value is -3.81. The molecule has 0 radical (unpaired) electrons. The minimum atomic E-state index is -5.15. The number of alkyl halides is 6. The van der Waals surface area contributed by atoms with Gasteiger partial charge in [-0.1, -0.05) is 55.8 Å². The summed E-state index contributed by atoms with van der Waals surface area (Å²) in [5, 5.41) is 4.48. The van der Waals surface area contributed by atoms with Crippen LogP contribution in [-0.4, -0.2) is 29.9 Å². The van der Waals surface area contributed by atoms with Gasteiger partial charge >= 0.3 is 18.3 Å². The highest BCUT2D eigenvalue weighted by atomic mass is 35.5. The zero-order valence-corrected chi connectivity index (χ0v) is 25.3. The highest BCUT2D eigenvalue weighted by Gasteiger charge is 2.37. The van der Waals surface area contributed by atoms with E-state index in [2.05, 4.69) is 5.32 Å². The van der Waals surface area contributed by atoms with Gasteiger partial charge in [0, 0.05) is 17.1 Å². The molecule has 0 fully saturated rings. The van der Waals surface area contributed by atoms with E-state index in [-0.39, 0.29) is 35.8 Å². The number of hydrogen-bond donors (Lipinski definition) is 3. The quantitative estimate of drug-likeness (QED) is 0.121. The molecule has 0 heterocycles. The molecule has 3 aromatic carbocycles. The first-order chi connectivity index (χ1) is 20.4. The highest BCUT2D eigenvalue weighted by molar-refractivity contribution is 6.31. The van der Waals surface area contributed by atoms with Gasteiger partial charge in [-0.3, -0.25) is 9.59 Å². The normalized spacial score (nSPS) is 13.0. The maximum Gasteiger partial charge on any atom is 0.416 e. The Morgan fingerprint density at radius 1 is 0.889 bits per heavy atom. The van der Waals surface area contributed by atoms with Crippen LogP contribution in [0.4, 0.5) is 32.0 Å². The molecule has 0 aliphatic rings. The number of halogens is 8. The summed E-state index contributed by atoms with van der Waals surface area (Å²) in [6.45, 7) is 3.72. The minimum absolute atomic E-state index is 0. The van der Waals surface area contributed by atoms with Gasteiger partial charge in [-0.15, -0.1) is 12.4 Å². The number of anilines is 1. The van der Waals surface area contributed by atoms with E-state index >= 15 is 0 Å². The van der Waals surface area contributed by atoms with Crippen molar-refractivity contribution < 1.29 is 45.5 Å². The number of benzene rings is 3. The summed E-state index contributed by atoms with van der Waals surface area (Å²) < 4.78 is 85.2. The SMILES string of the molecule is CC(C)C[C@H](N)C(=O)N[C@@H](Cc1ccccc1)C(=O)Oc1ccc(Cl)cc1C(=O)Nc1cc(C(F)(F)F)cc(C(F)(F)F)c1.Cl.